The van der Waals surface area contributed by atoms with Gasteiger partial charge in [-0.25, -0.2) is 4.98 Å². The second-order valence-electron chi connectivity index (χ2n) is 6.87. The highest BCUT2D eigenvalue weighted by Crippen LogP contribution is 2.10. The van der Waals surface area contributed by atoms with Crippen LogP contribution in [0.1, 0.15) is 52.3 Å². The molecule has 0 saturated carbocycles. The van der Waals surface area contributed by atoms with Crippen LogP contribution in [0.5, 0.6) is 0 Å². The van der Waals surface area contributed by atoms with Gasteiger partial charge in [-0.05, 0) is 32.9 Å². The molecule has 1 aliphatic heterocycles. The quantitative estimate of drug-likeness (QED) is 0.839. The number of imidazole rings is 1. The number of likely N-dealkylation sites (tertiary alicyclic amines) is 1. The Balaban J connectivity index is 1.78. The summed E-state index contributed by atoms with van der Waals surface area (Å²) in [5.74, 6) is 1.14. The van der Waals surface area contributed by atoms with Crippen molar-refractivity contribution in [2.45, 2.75) is 65.5 Å². The van der Waals surface area contributed by atoms with E-state index in [1.165, 1.54) is 38.8 Å². The van der Waals surface area contributed by atoms with Crippen LogP contribution in [0.15, 0.2) is 12.4 Å². The van der Waals surface area contributed by atoms with Crippen LogP contribution in [0, 0.1) is 5.92 Å². The lowest BCUT2D eigenvalue weighted by Gasteiger charge is -2.25. The van der Waals surface area contributed by atoms with E-state index in [1.807, 2.05) is 19.3 Å². The molecule has 1 N–H and O–H groups in total. The van der Waals surface area contributed by atoms with Gasteiger partial charge in [0.15, 0.2) is 0 Å². The van der Waals surface area contributed by atoms with Crippen molar-refractivity contribution in [3.63, 3.8) is 0 Å². The van der Waals surface area contributed by atoms with Gasteiger partial charge in [0.05, 0.1) is 5.92 Å². The SMILES string of the molecule is CCc1nccn1CC(C)C(=O)NC(C)CN1CCCCCC1. The molecule has 1 amide bonds. The van der Waals surface area contributed by atoms with E-state index in [1.54, 1.807) is 0 Å². The molecule has 0 aromatic carbocycles. The number of hydrogen-bond acceptors (Lipinski definition) is 3. The lowest BCUT2D eigenvalue weighted by atomic mass is 10.1. The fourth-order valence-corrected chi connectivity index (χ4v) is 3.34. The summed E-state index contributed by atoms with van der Waals surface area (Å²) in [5, 5.41) is 3.18. The molecule has 2 atom stereocenters. The first kappa shape index (κ1) is 18.0. The molecule has 2 heterocycles. The summed E-state index contributed by atoms with van der Waals surface area (Å²) < 4.78 is 2.09. The third-order valence-electron chi connectivity index (χ3n) is 4.66. The minimum Gasteiger partial charge on any atom is -0.352 e. The van der Waals surface area contributed by atoms with Gasteiger partial charge in [-0.15, -0.1) is 0 Å². The summed E-state index contributed by atoms with van der Waals surface area (Å²) in [6.07, 6.45) is 9.94. The molecule has 1 aromatic rings. The highest BCUT2D eigenvalue weighted by molar-refractivity contribution is 5.78. The maximum absolute atomic E-state index is 12.4. The first-order valence-corrected chi connectivity index (χ1v) is 9.13. The van der Waals surface area contributed by atoms with Crippen LogP contribution in [0.3, 0.4) is 0 Å². The van der Waals surface area contributed by atoms with E-state index < -0.39 is 0 Å². The Morgan fingerprint density at radius 1 is 1.22 bits per heavy atom. The van der Waals surface area contributed by atoms with E-state index in [4.69, 9.17) is 0 Å². The molecule has 1 saturated heterocycles. The number of aryl methyl sites for hydroxylation is 1. The largest absolute Gasteiger partial charge is 0.352 e. The number of rotatable bonds is 7. The summed E-state index contributed by atoms with van der Waals surface area (Å²) in [5.41, 5.74) is 0. The van der Waals surface area contributed by atoms with Gasteiger partial charge in [-0.1, -0.05) is 26.7 Å². The van der Waals surface area contributed by atoms with Gasteiger partial charge in [-0.2, -0.15) is 0 Å². The topological polar surface area (TPSA) is 50.2 Å². The molecule has 0 spiro atoms. The summed E-state index contributed by atoms with van der Waals surface area (Å²) in [6.45, 7) is 10.2. The fourth-order valence-electron chi connectivity index (χ4n) is 3.34. The smallest absolute Gasteiger partial charge is 0.224 e. The first-order chi connectivity index (χ1) is 11.1. The van der Waals surface area contributed by atoms with Gasteiger partial charge < -0.3 is 14.8 Å². The van der Waals surface area contributed by atoms with Gasteiger partial charge in [0, 0.05) is 37.9 Å². The third kappa shape index (κ3) is 5.65. The summed E-state index contributed by atoms with van der Waals surface area (Å²) >= 11 is 0. The summed E-state index contributed by atoms with van der Waals surface area (Å²) in [6, 6.07) is 0.205. The molecule has 0 bridgehead atoms. The fraction of sp³-hybridized carbons (Fsp3) is 0.778. The van der Waals surface area contributed by atoms with E-state index in [2.05, 4.69) is 33.6 Å². The van der Waals surface area contributed by atoms with Crippen molar-refractivity contribution >= 4 is 5.91 Å². The van der Waals surface area contributed by atoms with Crippen LogP contribution in [-0.2, 0) is 17.8 Å². The molecule has 0 aliphatic carbocycles. The van der Waals surface area contributed by atoms with Crippen molar-refractivity contribution < 1.29 is 4.79 Å². The third-order valence-corrected chi connectivity index (χ3v) is 4.66. The number of aromatic nitrogens is 2. The Kier molecular flexibility index (Phi) is 7.09. The number of hydrogen-bond donors (Lipinski definition) is 1. The zero-order valence-corrected chi connectivity index (χ0v) is 14.9. The Labute approximate surface area is 140 Å². The second-order valence-corrected chi connectivity index (χ2v) is 6.87. The van der Waals surface area contributed by atoms with E-state index in [9.17, 15) is 4.79 Å². The van der Waals surface area contributed by atoms with Crippen LogP contribution >= 0.6 is 0 Å². The average molecular weight is 320 g/mol. The molecule has 1 fully saturated rings. The van der Waals surface area contributed by atoms with Gasteiger partial charge in [0.1, 0.15) is 5.82 Å². The van der Waals surface area contributed by atoms with Crippen LogP contribution in [-0.4, -0.2) is 46.0 Å². The second kappa shape index (κ2) is 9.06. The highest BCUT2D eigenvalue weighted by Gasteiger charge is 2.19. The molecule has 0 radical (unpaired) electrons. The van der Waals surface area contributed by atoms with Crippen molar-refractivity contribution in [1.29, 1.82) is 0 Å². The Bertz CT molecular complexity index is 477. The van der Waals surface area contributed by atoms with E-state index in [-0.39, 0.29) is 17.9 Å². The van der Waals surface area contributed by atoms with E-state index >= 15 is 0 Å². The Morgan fingerprint density at radius 3 is 2.57 bits per heavy atom. The number of carbonyl (C=O) groups is 1. The minimum atomic E-state index is -0.0407. The normalized spacial score (nSPS) is 19.1. The minimum absolute atomic E-state index is 0.0407. The van der Waals surface area contributed by atoms with Crippen molar-refractivity contribution in [2.24, 2.45) is 5.92 Å². The predicted octanol–water partition coefficient (Wildman–Crippen LogP) is 2.46. The van der Waals surface area contributed by atoms with Gasteiger partial charge in [0.2, 0.25) is 5.91 Å². The highest BCUT2D eigenvalue weighted by atomic mass is 16.1. The number of nitrogens with one attached hydrogen (secondary N) is 1. The predicted molar refractivity (Wildman–Crippen MR) is 93.3 cm³/mol. The maximum Gasteiger partial charge on any atom is 0.224 e. The molecular formula is C18H32N4O. The Hall–Kier alpha value is -1.36. The molecule has 1 aromatic heterocycles. The lowest BCUT2D eigenvalue weighted by molar-refractivity contribution is -0.125. The van der Waals surface area contributed by atoms with Gasteiger partial charge >= 0.3 is 0 Å². The van der Waals surface area contributed by atoms with Crippen LogP contribution in [0.2, 0.25) is 0 Å². The lowest BCUT2D eigenvalue weighted by Crippen LogP contribution is -2.44. The van der Waals surface area contributed by atoms with Gasteiger partial charge in [0.25, 0.3) is 0 Å². The molecule has 23 heavy (non-hydrogen) atoms. The van der Waals surface area contributed by atoms with Crippen molar-refractivity contribution in [3.8, 4) is 0 Å². The molecule has 2 unspecified atom stereocenters. The zero-order valence-electron chi connectivity index (χ0n) is 14.9. The van der Waals surface area contributed by atoms with E-state index in [0.717, 1.165) is 18.8 Å². The standard InChI is InChI=1S/C18H32N4O/c1-4-17-19-9-12-22(17)13-15(2)18(23)20-16(3)14-21-10-7-5-6-8-11-21/h9,12,15-16H,4-8,10-11,13-14H2,1-3H3,(H,20,23). The number of nitrogens with zero attached hydrogens (tertiary/aromatic N) is 3. The van der Waals surface area contributed by atoms with Crippen LogP contribution < -0.4 is 5.32 Å². The van der Waals surface area contributed by atoms with Gasteiger partial charge in [-0.3, -0.25) is 4.79 Å². The summed E-state index contributed by atoms with van der Waals surface area (Å²) in [7, 11) is 0. The van der Waals surface area contributed by atoms with Crippen LogP contribution in [0.4, 0.5) is 0 Å². The van der Waals surface area contributed by atoms with E-state index in [0.29, 0.717) is 6.54 Å². The monoisotopic (exact) mass is 320 g/mol. The van der Waals surface area contributed by atoms with Crippen molar-refractivity contribution in [1.82, 2.24) is 19.8 Å². The number of carbonyl (C=O) groups excluding carboxylic acids is 1. The van der Waals surface area contributed by atoms with Crippen LogP contribution in [0.25, 0.3) is 0 Å². The molecule has 5 nitrogen and oxygen atoms in total. The molecule has 1 aliphatic rings. The van der Waals surface area contributed by atoms with Crippen molar-refractivity contribution in [2.75, 3.05) is 19.6 Å². The molecule has 5 heteroatoms. The Morgan fingerprint density at radius 2 is 1.91 bits per heavy atom. The first-order valence-electron chi connectivity index (χ1n) is 9.13. The summed E-state index contributed by atoms with van der Waals surface area (Å²) in [4.78, 5) is 19.2. The molecule has 2 rings (SSSR count). The average Bonchev–Trinajstić information content (AvgIpc) is 2.81. The molecular weight excluding hydrogens is 288 g/mol. The maximum atomic E-state index is 12.4. The number of amides is 1. The van der Waals surface area contributed by atoms with Crippen molar-refractivity contribution in [3.05, 3.63) is 18.2 Å². The zero-order chi connectivity index (χ0) is 16.7. The molecule has 130 valence electrons.